The molecule has 2 aromatic rings. The Morgan fingerprint density at radius 3 is 1.61 bits per heavy atom. The van der Waals surface area contributed by atoms with Crippen molar-refractivity contribution in [3.8, 4) is 0 Å². The van der Waals surface area contributed by atoms with Gasteiger partial charge in [-0.3, -0.25) is 14.4 Å². The summed E-state index contributed by atoms with van der Waals surface area (Å²) >= 11 is 0. The summed E-state index contributed by atoms with van der Waals surface area (Å²) in [6.45, 7) is 0.454. The van der Waals surface area contributed by atoms with E-state index in [0.29, 0.717) is 17.9 Å². The molecule has 0 aliphatic carbocycles. The smallest absolute Gasteiger partial charge is 0.258 e. The number of carbonyl (C=O) groups excluding carboxylic acids is 3. The minimum absolute atomic E-state index is 0.0370. The number of carbonyl (C=O) groups is 3. The molecular weight excluding hydrogens is 380 g/mol. The third-order valence-corrected chi connectivity index (χ3v) is 6.27. The van der Waals surface area contributed by atoms with Crippen molar-refractivity contribution >= 4 is 38.9 Å². The second-order valence-corrected chi connectivity index (χ2v) is 8.14. The minimum Gasteiger partial charge on any atom is -0.305 e. The summed E-state index contributed by atoms with van der Waals surface area (Å²) in [5.41, 5.74) is 0.914. The van der Waals surface area contributed by atoms with Gasteiger partial charge < -0.3 is 4.90 Å². The van der Waals surface area contributed by atoms with Crippen LogP contribution in [-0.2, 0) is 24.2 Å². The first-order chi connectivity index (χ1) is 13.4. The van der Waals surface area contributed by atoms with Crippen LogP contribution in [0.1, 0.15) is 0 Å². The molecule has 0 bridgehead atoms. The SMILES string of the molecule is O=C1C=CCN1c1ccc(S(=O)(=O)c2ccc(N3C(=O)C=CC3=O)cc2)cc1. The van der Waals surface area contributed by atoms with Crippen LogP contribution in [0.25, 0.3) is 0 Å². The first-order valence-electron chi connectivity index (χ1n) is 8.37. The maximum atomic E-state index is 12.8. The Labute approximate surface area is 161 Å². The van der Waals surface area contributed by atoms with Gasteiger partial charge in [0.2, 0.25) is 9.84 Å². The zero-order valence-corrected chi connectivity index (χ0v) is 15.3. The van der Waals surface area contributed by atoms with E-state index in [2.05, 4.69) is 0 Å². The Bertz CT molecular complexity index is 1130. The van der Waals surface area contributed by atoms with E-state index in [4.69, 9.17) is 0 Å². The number of imide groups is 1. The molecule has 3 amide bonds. The number of nitrogens with zero attached hydrogens (tertiary/aromatic N) is 2. The predicted octanol–water partition coefficient (Wildman–Crippen LogP) is 1.85. The van der Waals surface area contributed by atoms with Crippen LogP contribution in [-0.4, -0.2) is 32.7 Å². The molecule has 0 spiro atoms. The Morgan fingerprint density at radius 2 is 1.14 bits per heavy atom. The zero-order chi connectivity index (χ0) is 19.9. The molecule has 28 heavy (non-hydrogen) atoms. The average molecular weight is 394 g/mol. The lowest BCUT2D eigenvalue weighted by molar-refractivity contribution is -0.120. The number of rotatable bonds is 4. The van der Waals surface area contributed by atoms with Gasteiger partial charge in [-0.1, -0.05) is 6.08 Å². The van der Waals surface area contributed by atoms with Crippen LogP contribution in [0.15, 0.2) is 82.6 Å². The Hall–Kier alpha value is -3.52. The van der Waals surface area contributed by atoms with Crippen molar-refractivity contribution in [2.75, 3.05) is 16.3 Å². The summed E-state index contributed by atoms with van der Waals surface area (Å²) in [4.78, 5) is 37.8. The molecule has 0 aromatic heterocycles. The second-order valence-electron chi connectivity index (χ2n) is 6.19. The van der Waals surface area contributed by atoms with Crippen molar-refractivity contribution in [3.63, 3.8) is 0 Å². The molecule has 0 N–H and O–H groups in total. The number of benzene rings is 2. The third-order valence-electron chi connectivity index (χ3n) is 4.49. The fourth-order valence-corrected chi connectivity index (χ4v) is 4.30. The fraction of sp³-hybridized carbons (Fsp3) is 0.0500. The van der Waals surface area contributed by atoms with E-state index in [9.17, 15) is 22.8 Å². The number of hydrogen-bond donors (Lipinski definition) is 0. The van der Waals surface area contributed by atoms with Crippen LogP contribution < -0.4 is 9.80 Å². The Balaban J connectivity index is 1.59. The molecule has 0 radical (unpaired) electrons. The molecule has 0 atom stereocenters. The van der Waals surface area contributed by atoms with Crippen molar-refractivity contribution in [3.05, 3.63) is 72.8 Å². The molecule has 140 valence electrons. The summed E-state index contributed by atoms with van der Waals surface area (Å²) in [5, 5.41) is 0. The molecule has 0 unspecified atom stereocenters. The van der Waals surface area contributed by atoms with E-state index < -0.39 is 21.7 Å². The molecule has 0 saturated heterocycles. The van der Waals surface area contributed by atoms with Crippen molar-refractivity contribution < 1.29 is 22.8 Å². The van der Waals surface area contributed by atoms with Gasteiger partial charge in [0.15, 0.2) is 0 Å². The highest BCUT2D eigenvalue weighted by molar-refractivity contribution is 7.91. The van der Waals surface area contributed by atoms with Crippen LogP contribution in [0.4, 0.5) is 11.4 Å². The number of anilines is 2. The molecule has 0 fully saturated rings. The van der Waals surface area contributed by atoms with Crippen LogP contribution in [0.3, 0.4) is 0 Å². The van der Waals surface area contributed by atoms with Crippen molar-refractivity contribution in [1.82, 2.24) is 0 Å². The van der Waals surface area contributed by atoms with Crippen molar-refractivity contribution in [2.24, 2.45) is 0 Å². The molecule has 2 aromatic carbocycles. The lowest BCUT2D eigenvalue weighted by atomic mass is 10.3. The third kappa shape index (κ3) is 2.93. The van der Waals surface area contributed by atoms with Gasteiger partial charge in [-0.05, 0) is 48.5 Å². The average Bonchev–Trinajstić information content (AvgIpc) is 3.27. The molecule has 2 heterocycles. The molecule has 8 heteroatoms. The van der Waals surface area contributed by atoms with Gasteiger partial charge in [0.05, 0.1) is 15.5 Å². The van der Waals surface area contributed by atoms with Crippen molar-refractivity contribution in [2.45, 2.75) is 9.79 Å². The van der Waals surface area contributed by atoms with E-state index in [1.54, 1.807) is 18.2 Å². The lowest BCUT2D eigenvalue weighted by Crippen LogP contribution is -2.29. The normalized spacial score (nSPS) is 16.5. The summed E-state index contributed by atoms with van der Waals surface area (Å²) in [5.74, 6) is -1.09. The Morgan fingerprint density at radius 1 is 0.643 bits per heavy atom. The van der Waals surface area contributed by atoms with E-state index in [1.807, 2.05) is 0 Å². The molecule has 2 aliphatic rings. The topological polar surface area (TPSA) is 91.8 Å². The van der Waals surface area contributed by atoms with Crippen LogP contribution in [0, 0.1) is 0 Å². The van der Waals surface area contributed by atoms with Gasteiger partial charge in [0.1, 0.15) is 0 Å². The standard InChI is InChI=1S/C20H14N2O5S/c23-18-2-1-13-21(18)14-3-7-16(8-4-14)28(26,27)17-9-5-15(6-10-17)22-19(24)11-12-20(22)25/h1-12H,13H2. The maximum absolute atomic E-state index is 12.8. The van der Waals surface area contributed by atoms with Crippen LogP contribution >= 0.6 is 0 Å². The molecule has 2 aliphatic heterocycles. The van der Waals surface area contributed by atoms with Crippen LogP contribution in [0.5, 0.6) is 0 Å². The fourth-order valence-electron chi connectivity index (χ4n) is 3.04. The molecule has 4 rings (SSSR count). The van der Waals surface area contributed by atoms with Crippen molar-refractivity contribution in [1.29, 1.82) is 0 Å². The quantitative estimate of drug-likeness (QED) is 0.738. The highest BCUT2D eigenvalue weighted by atomic mass is 32.2. The molecular formula is C20H14N2O5S. The van der Waals surface area contributed by atoms with E-state index in [1.165, 1.54) is 47.4 Å². The van der Waals surface area contributed by atoms with Gasteiger partial charge in [-0.2, -0.15) is 0 Å². The lowest BCUT2D eigenvalue weighted by Gasteiger charge is -2.16. The first kappa shape index (κ1) is 17.9. The van der Waals surface area contributed by atoms with Gasteiger partial charge >= 0.3 is 0 Å². The van der Waals surface area contributed by atoms with Gasteiger partial charge in [-0.15, -0.1) is 0 Å². The zero-order valence-electron chi connectivity index (χ0n) is 14.5. The Kier molecular flexibility index (Phi) is 4.20. The van der Waals surface area contributed by atoms with Gasteiger partial charge in [-0.25, -0.2) is 13.3 Å². The minimum atomic E-state index is -3.78. The number of sulfone groups is 1. The van der Waals surface area contributed by atoms with E-state index in [-0.39, 0.29) is 15.7 Å². The highest BCUT2D eigenvalue weighted by Gasteiger charge is 2.26. The predicted molar refractivity (Wildman–Crippen MR) is 101 cm³/mol. The summed E-state index contributed by atoms with van der Waals surface area (Å²) in [7, 11) is -3.78. The number of amides is 3. The van der Waals surface area contributed by atoms with Gasteiger partial charge in [0.25, 0.3) is 17.7 Å². The summed E-state index contributed by atoms with van der Waals surface area (Å²) < 4.78 is 25.7. The highest BCUT2D eigenvalue weighted by Crippen LogP contribution is 2.27. The molecule has 7 nitrogen and oxygen atoms in total. The number of hydrogen-bond acceptors (Lipinski definition) is 5. The summed E-state index contributed by atoms with van der Waals surface area (Å²) in [6.07, 6.45) is 5.53. The van der Waals surface area contributed by atoms with Crippen LogP contribution in [0.2, 0.25) is 0 Å². The maximum Gasteiger partial charge on any atom is 0.258 e. The van der Waals surface area contributed by atoms with E-state index in [0.717, 1.165) is 17.1 Å². The largest absolute Gasteiger partial charge is 0.305 e. The molecule has 0 saturated carbocycles. The monoisotopic (exact) mass is 394 g/mol. The van der Waals surface area contributed by atoms with Gasteiger partial charge in [0, 0.05) is 30.5 Å². The van der Waals surface area contributed by atoms with E-state index >= 15 is 0 Å². The second kappa shape index (κ2) is 6.58. The summed E-state index contributed by atoms with van der Waals surface area (Å²) in [6, 6.07) is 11.6. The first-order valence-corrected chi connectivity index (χ1v) is 9.86.